The van der Waals surface area contributed by atoms with E-state index in [2.05, 4.69) is 26.0 Å². The summed E-state index contributed by atoms with van der Waals surface area (Å²) >= 11 is 0. The molecule has 0 spiro atoms. The highest BCUT2D eigenvalue weighted by atomic mass is 16.5. The average Bonchev–Trinajstić information content (AvgIpc) is 2.98. The van der Waals surface area contributed by atoms with Crippen LogP contribution in [0.1, 0.15) is 29.6 Å². The van der Waals surface area contributed by atoms with Crippen molar-refractivity contribution in [2.45, 2.75) is 34.6 Å². The molecule has 1 heterocycles. The summed E-state index contributed by atoms with van der Waals surface area (Å²) < 4.78 is 17.4. The largest absolute Gasteiger partial charge is 0.504 e. The molecule has 3 aromatic carbocycles. The first-order valence-electron chi connectivity index (χ1n) is 11.0. The molecule has 1 aromatic heterocycles. The summed E-state index contributed by atoms with van der Waals surface area (Å²) in [6.07, 6.45) is 0. The van der Waals surface area contributed by atoms with Crippen LogP contribution in [0.5, 0.6) is 17.2 Å². The summed E-state index contributed by atoms with van der Waals surface area (Å²) in [5.41, 5.74) is 5.06. The van der Waals surface area contributed by atoms with Crippen molar-refractivity contribution in [3.63, 3.8) is 0 Å². The number of methoxy groups -OCH3 is 1. The van der Waals surface area contributed by atoms with Crippen molar-refractivity contribution in [3.05, 3.63) is 76.5 Å². The first kappa shape index (κ1) is 22.5. The SMILES string of the molecule is CCOc1cc(-c2ccc(O)c(OC)c2)cc(=Nc2ccc(C)c(C)c2)c2c(C)oc(C)c12. The highest BCUT2D eigenvalue weighted by molar-refractivity contribution is 5.93. The van der Waals surface area contributed by atoms with Gasteiger partial charge in [0.25, 0.3) is 0 Å². The van der Waals surface area contributed by atoms with E-state index in [0.29, 0.717) is 12.4 Å². The molecule has 4 rings (SSSR count). The minimum Gasteiger partial charge on any atom is -0.504 e. The van der Waals surface area contributed by atoms with E-state index in [1.165, 1.54) is 11.1 Å². The molecular weight excluding hydrogens is 414 g/mol. The van der Waals surface area contributed by atoms with Gasteiger partial charge >= 0.3 is 0 Å². The lowest BCUT2D eigenvalue weighted by atomic mass is 10.1. The maximum Gasteiger partial charge on any atom is 0.161 e. The fourth-order valence-electron chi connectivity index (χ4n) is 4.08. The van der Waals surface area contributed by atoms with Crippen molar-refractivity contribution in [1.82, 2.24) is 0 Å². The average molecular weight is 444 g/mol. The summed E-state index contributed by atoms with van der Waals surface area (Å²) in [6, 6.07) is 15.5. The third-order valence-corrected chi connectivity index (χ3v) is 5.89. The summed E-state index contributed by atoms with van der Waals surface area (Å²) in [5, 5.41) is 12.7. The van der Waals surface area contributed by atoms with E-state index in [0.717, 1.165) is 50.2 Å². The van der Waals surface area contributed by atoms with Gasteiger partial charge in [-0.25, -0.2) is 4.99 Å². The lowest BCUT2D eigenvalue weighted by molar-refractivity contribution is 0.344. The van der Waals surface area contributed by atoms with Crippen LogP contribution in [-0.4, -0.2) is 18.8 Å². The Bertz CT molecular complexity index is 1420. The Hall–Kier alpha value is -3.73. The van der Waals surface area contributed by atoms with Crippen molar-refractivity contribution in [1.29, 1.82) is 0 Å². The molecule has 0 atom stereocenters. The van der Waals surface area contributed by atoms with Crippen LogP contribution in [-0.2, 0) is 0 Å². The molecule has 0 saturated heterocycles. The monoisotopic (exact) mass is 443 g/mol. The van der Waals surface area contributed by atoms with Crippen LogP contribution in [0.4, 0.5) is 5.69 Å². The predicted molar refractivity (Wildman–Crippen MR) is 132 cm³/mol. The third kappa shape index (κ3) is 4.31. The number of phenols is 1. The van der Waals surface area contributed by atoms with Gasteiger partial charge in [-0.2, -0.15) is 0 Å². The predicted octanol–water partition coefficient (Wildman–Crippen LogP) is 6.68. The second kappa shape index (κ2) is 9.02. The van der Waals surface area contributed by atoms with Gasteiger partial charge in [0.1, 0.15) is 17.3 Å². The Morgan fingerprint density at radius 1 is 0.818 bits per heavy atom. The Balaban J connectivity index is 2.12. The smallest absolute Gasteiger partial charge is 0.161 e. The molecule has 170 valence electrons. The van der Waals surface area contributed by atoms with Crippen molar-refractivity contribution in [2.24, 2.45) is 4.99 Å². The molecule has 0 bridgehead atoms. The summed E-state index contributed by atoms with van der Waals surface area (Å²) in [5.74, 6) is 2.80. The lowest BCUT2D eigenvalue weighted by Crippen LogP contribution is -2.00. The lowest BCUT2D eigenvalue weighted by Gasteiger charge is -2.07. The fourth-order valence-corrected chi connectivity index (χ4v) is 4.08. The standard InChI is InChI=1S/C28H29NO4/c1-7-32-26-15-21(20-9-11-24(30)25(14-20)31-6)13-23(27-18(4)33-19(5)28(26)27)29-22-10-8-16(2)17(3)12-22/h8-15,30H,7H2,1-6H3. The van der Waals surface area contributed by atoms with Crippen molar-refractivity contribution in [3.8, 4) is 28.4 Å². The van der Waals surface area contributed by atoms with Crippen LogP contribution in [0, 0.1) is 27.7 Å². The Kier molecular flexibility index (Phi) is 6.14. The molecule has 0 fully saturated rings. The number of nitrogens with zero attached hydrogens (tertiary/aromatic N) is 1. The fraction of sp³-hybridized carbons (Fsp3) is 0.250. The number of phenolic OH excluding ortho intramolecular Hbond substituents is 1. The molecule has 5 heteroatoms. The van der Waals surface area contributed by atoms with Crippen LogP contribution in [0.2, 0.25) is 0 Å². The van der Waals surface area contributed by atoms with Crippen LogP contribution in [0.3, 0.4) is 0 Å². The molecule has 5 nitrogen and oxygen atoms in total. The topological polar surface area (TPSA) is 64.2 Å². The number of aryl methyl sites for hydroxylation is 4. The Labute approximate surface area is 194 Å². The summed E-state index contributed by atoms with van der Waals surface area (Å²) in [4.78, 5) is 5.04. The van der Waals surface area contributed by atoms with E-state index in [1.54, 1.807) is 13.2 Å². The number of aromatic hydroxyl groups is 1. The first-order chi connectivity index (χ1) is 15.8. The number of ether oxygens (including phenoxy) is 2. The molecule has 0 amide bonds. The van der Waals surface area contributed by atoms with E-state index in [1.807, 2.05) is 51.1 Å². The maximum atomic E-state index is 10.1. The van der Waals surface area contributed by atoms with Gasteiger partial charge in [-0.1, -0.05) is 12.1 Å². The van der Waals surface area contributed by atoms with Crippen LogP contribution in [0.15, 0.2) is 57.9 Å². The highest BCUT2D eigenvalue weighted by Crippen LogP contribution is 2.36. The van der Waals surface area contributed by atoms with Gasteiger partial charge in [-0.3, -0.25) is 0 Å². The number of fused-ring (bicyclic) bond motifs is 1. The second-order valence-electron chi connectivity index (χ2n) is 8.16. The Morgan fingerprint density at radius 2 is 1.55 bits per heavy atom. The van der Waals surface area contributed by atoms with Crippen LogP contribution in [0.25, 0.3) is 21.9 Å². The minimum atomic E-state index is 0.0934. The van der Waals surface area contributed by atoms with E-state index in [9.17, 15) is 5.11 Å². The van der Waals surface area contributed by atoms with Gasteiger partial charge in [-0.15, -0.1) is 0 Å². The van der Waals surface area contributed by atoms with Gasteiger partial charge in [0.15, 0.2) is 11.5 Å². The number of hydrogen-bond acceptors (Lipinski definition) is 5. The normalized spacial score (nSPS) is 11.8. The molecule has 0 unspecified atom stereocenters. The van der Waals surface area contributed by atoms with Crippen molar-refractivity contribution < 1.29 is 19.0 Å². The summed E-state index contributed by atoms with van der Waals surface area (Å²) in [7, 11) is 1.54. The van der Waals surface area contributed by atoms with Crippen LogP contribution >= 0.6 is 0 Å². The third-order valence-electron chi connectivity index (χ3n) is 5.89. The summed E-state index contributed by atoms with van der Waals surface area (Å²) in [6.45, 7) is 10.6. The van der Waals surface area contributed by atoms with E-state index in [-0.39, 0.29) is 5.75 Å². The number of rotatable bonds is 5. The van der Waals surface area contributed by atoms with Gasteiger partial charge in [0.05, 0.1) is 35.5 Å². The zero-order chi connectivity index (χ0) is 23.7. The highest BCUT2D eigenvalue weighted by Gasteiger charge is 2.16. The van der Waals surface area contributed by atoms with E-state index >= 15 is 0 Å². The molecule has 0 aliphatic heterocycles. The number of hydrogen-bond donors (Lipinski definition) is 1. The first-order valence-corrected chi connectivity index (χ1v) is 11.0. The van der Waals surface area contributed by atoms with Gasteiger partial charge in [0.2, 0.25) is 0 Å². The van der Waals surface area contributed by atoms with Gasteiger partial charge in [-0.05, 0) is 93.3 Å². The van der Waals surface area contributed by atoms with Crippen LogP contribution < -0.4 is 14.8 Å². The minimum absolute atomic E-state index is 0.0934. The maximum absolute atomic E-state index is 10.1. The zero-order valence-electron chi connectivity index (χ0n) is 19.9. The second-order valence-corrected chi connectivity index (χ2v) is 8.16. The van der Waals surface area contributed by atoms with Gasteiger partial charge in [0, 0.05) is 0 Å². The molecule has 0 radical (unpaired) electrons. The molecule has 0 saturated carbocycles. The van der Waals surface area contributed by atoms with Gasteiger partial charge < -0.3 is 19.0 Å². The molecule has 1 N–H and O–H groups in total. The molecule has 33 heavy (non-hydrogen) atoms. The number of furan rings is 1. The Morgan fingerprint density at radius 3 is 2.24 bits per heavy atom. The molecule has 4 aromatic rings. The number of benzene rings is 2. The quantitative estimate of drug-likeness (QED) is 0.374. The van der Waals surface area contributed by atoms with Crippen molar-refractivity contribution in [2.75, 3.05) is 13.7 Å². The molecule has 0 aliphatic carbocycles. The zero-order valence-corrected chi connectivity index (χ0v) is 19.9. The van der Waals surface area contributed by atoms with Crippen molar-refractivity contribution >= 4 is 16.5 Å². The van der Waals surface area contributed by atoms with E-state index < -0.39 is 0 Å². The van der Waals surface area contributed by atoms with E-state index in [4.69, 9.17) is 18.9 Å². The molecule has 0 aliphatic rings. The molecular formula is C28H29NO4.